The number of aromatic nitrogens is 2. The first-order valence-electron chi connectivity index (χ1n) is 8.69. The second kappa shape index (κ2) is 7.97. The van der Waals surface area contributed by atoms with E-state index in [0.717, 1.165) is 24.3 Å². The van der Waals surface area contributed by atoms with Crippen LogP contribution in [0.5, 0.6) is 0 Å². The molecule has 5 nitrogen and oxygen atoms in total. The summed E-state index contributed by atoms with van der Waals surface area (Å²) in [5.41, 5.74) is 4.25. The molecule has 26 heavy (non-hydrogen) atoms. The third-order valence-electron chi connectivity index (χ3n) is 4.22. The first kappa shape index (κ1) is 17.9. The fraction of sp³-hybridized carbons (Fsp3) is 0.238. The normalized spacial score (nSPS) is 10.9. The van der Waals surface area contributed by atoms with Gasteiger partial charge in [-0.15, -0.1) is 0 Å². The first-order chi connectivity index (χ1) is 12.5. The molecule has 1 amide bonds. The topological polar surface area (TPSA) is 50.2 Å². The molecule has 0 aliphatic carbocycles. The minimum atomic E-state index is -0.147. The molecule has 0 atom stereocenters. The van der Waals surface area contributed by atoms with Crippen molar-refractivity contribution in [3.8, 4) is 5.69 Å². The fourth-order valence-corrected chi connectivity index (χ4v) is 2.70. The van der Waals surface area contributed by atoms with Crippen LogP contribution in [0, 0.1) is 6.92 Å². The Morgan fingerprint density at radius 1 is 1.08 bits per heavy atom. The molecule has 5 heteroatoms. The number of rotatable bonds is 6. The molecule has 3 aromatic rings. The molecule has 0 unspecified atom stereocenters. The van der Waals surface area contributed by atoms with Crippen LogP contribution in [0.25, 0.3) is 5.69 Å². The predicted molar refractivity (Wildman–Crippen MR) is 105 cm³/mol. The Balaban J connectivity index is 1.69. The van der Waals surface area contributed by atoms with Crippen LogP contribution in [0.3, 0.4) is 0 Å². The van der Waals surface area contributed by atoms with Gasteiger partial charge in [0.05, 0.1) is 16.9 Å². The smallest absolute Gasteiger partial charge is 0.259 e. The third-order valence-corrected chi connectivity index (χ3v) is 4.22. The molecule has 0 spiro atoms. The number of para-hydroxylation sites is 1. The number of amides is 1. The monoisotopic (exact) mass is 348 g/mol. The van der Waals surface area contributed by atoms with Gasteiger partial charge < -0.3 is 10.2 Å². The zero-order chi connectivity index (χ0) is 18.5. The minimum absolute atomic E-state index is 0.147. The number of hydrogen-bond acceptors (Lipinski definition) is 3. The highest BCUT2D eigenvalue weighted by Gasteiger charge is 2.14. The van der Waals surface area contributed by atoms with Crippen LogP contribution in [0.4, 0.5) is 5.69 Å². The van der Waals surface area contributed by atoms with Gasteiger partial charge in [-0.2, -0.15) is 5.10 Å². The Kier molecular flexibility index (Phi) is 5.49. The van der Waals surface area contributed by atoms with Gasteiger partial charge in [0.15, 0.2) is 0 Å². The summed E-state index contributed by atoms with van der Waals surface area (Å²) in [7, 11) is 4.12. The van der Waals surface area contributed by atoms with E-state index in [0.29, 0.717) is 11.3 Å². The average molecular weight is 348 g/mol. The summed E-state index contributed by atoms with van der Waals surface area (Å²) < 4.78 is 1.73. The highest BCUT2D eigenvalue weighted by atomic mass is 16.1. The van der Waals surface area contributed by atoms with Gasteiger partial charge in [-0.1, -0.05) is 30.3 Å². The quantitative estimate of drug-likeness (QED) is 0.741. The number of nitrogens with zero attached hydrogens (tertiary/aromatic N) is 3. The molecule has 1 N–H and O–H groups in total. The molecule has 134 valence electrons. The minimum Gasteiger partial charge on any atom is -0.322 e. The van der Waals surface area contributed by atoms with Crippen LogP contribution < -0.4 is 5.32 Å². The van der Waals surface area contributed by atoms with Crippen molar-refractivity contribution in [1.82, 2.24) is 14.7 Å². The first-order valence-corrected chi connectivity index (χ1v) is 8.69. The van der Waals surface area contributed by atoms with Crippen LogP contribution in [-0.2, 0) is 6.42 Å². The third kappa shape index (κ3) is 4.37. The van der Waals surface area contributed by atoms with Crippen LogP contribution in [0.1, 0.15) is 21.6 Å². The number of carbonyl (C=O) groups is 1. The van der Waals surface area contributed by atoms with Crippen molar-refractivity contribution in [3.05, 3.63) is 77.6 Å². The maximum Gasteiger partial charge on any atom is 0.259 e. The number of hydrogen-bond donors (Lipinski definition) is 1. The molecule has 0 radical (unpaired) electrons. The van der Waals surface area contributed by atoms with E-state index in [1.54, 1.807) is 10.9 Å². The van der Waals surface area contributed by atoms with Crippen LogP contribution >= 0.6 is 0 Å². The molecule has 0 fully saturated rings. The molecule has 0 aliphatic heterocycles. The van der Waals surface area contributed by atoms with Gasteiger partial charge in [0, 0.05) is 18.4 Å². The van der Waals surface area contributed by atoms with E-state index in [4.69, 9.17) is 0 Å². The fourth-order valence-electron chi connectivity index (χ4n) is 2.70. The lowest BCUT2D eigenvalue weighted by Gasteiger charge is -2.10. The maximum absolute atomic E-state index is 12.6. The van der Waals surface area contributed by atoms with Gasteiger partial charge in [0.25, 0.3) is 5.91 Å². The molecule has 1 heterocycles. The summed E-state index contributed by atoms with van der Waals surface area (Å²) in [5.74, 6) is -0.147. The second-order valence-electron chi connectivity index (χ2n) is 6.61. The van der Waals surface area contributed by atoms with Gasteiger partial charge in [-0.05, 0) is 57.3 Å². The Labute approximate surface area is 154 Å². The molecular weight excluding hydrogens is 324 g/mol. The Bertz CT molecular complexity index is 867. The highest BCUT2D eigenvalue weighted by Crippen LogP contribution is 2.15. The van der Waals surface area contributed by atoms with E-state index < -0.39 is 0 Å². The molecule has 0 bridgehead atoms. The zero-order valence-corrected chi connectivity index (χ0v) is 15.4. The van der Waals surface area contributed by atoms with Crippen molar-refractivity contribution in [2.45, 2.75) is 13.3 Å². The van der Waals surface area contributed by atoms with Crippen molar-refractivity contribution < 1.29 is 4.79 Å². The molecule has 2 aromatic carbocycles. The molecule has 1 aromatic heterocycles. The lowest BCUT2D eigenvalue weighted by molar-refractivity contribution is 0.102. The van der Waals surface area contributed by atoms with Gasteiger partial charge in [-0.25, -0.2) is 4.68 Å². The van der Waals surface area contributed by atoms with Crippen LogP contribution in [-0.4, -0.2) is 41.2 Å². The number of anilines is 1. The maximum atomic E-state index is 12.6. The number of benzene rings is 2. The summed E-state index contributed by atoms with van der Waals surface area (Å²) in [6, 6.07) is 17.8. The summed E-state index contributed by atoms with van der Waals surface area (Å²) in [6.07, 6.45) is 2.76. The zero-order valence-electron chi connectivity index (χ0n) is 15.4. The number of nitrogens with one attached hydrogen (secondary N) is 1. The van der Waals surface area contributed by atoms with E-state index in [9.17, 15) is 4.79 Å². The van der Waals surface area contributed by atoms with Crippen molar-refractivity contribution in [2.75, 3.05) is 26.0 Å². The van der Waals surface area contributed by atoms with Gasteiger partial charge in [0.2, 0.25) is 0 Å². The van der Waals surface area contributed by atoms with E-state index in [1.165, 1.54) is 5.56 Å². The molecule has 0 saturated heterocycles. The summed E-state index contributed by atoms with van der Waals surface area (Å²) in [5, 5.41) is 7.40. The van der Waals surface area contributed by atoms with Gasteiger partial charge in [0.1, 0.15) is 0 Å². The van der Waals surface area contributed by atoms with Crippen molar-refractivity contribution in [3.63, 3.8) is 0 Å². The number of aryl methyl sites for hydroxylation is 1. The average Bonchev–Trinajstić information content (AvgIpc) is 3.04. The lowest BCUT2D eigenvalue weighted by Crippen LogP contribution is -2.15. The number of likely N-dealkylation sites (N-methyl/N-ethyl adjacent to an activating group) is 1. The highest BCUT2D eigenvalue weighted by molar-refractivity contribution is 6.04. The summed E-state index contributed by atoms with van der Waals surface area (Å²) >= 11 is 0. The van der Waals surface area contributed by atoms with Gasteiger partial charge >= 0.3 is 0 Å². The van der Waals surface area contributed by atoms with E-state index in [2.05, 4.69) is 41.5 Å². The summed E-state index contributed by atoms with van der Waals surface area (Å²) in [4.78, 5) is 14.8. The molecule has 0 saturated carbocycles. The predicted octanol–water partition coefficient (Wildman–Crippen LogP) is 3.54. The standard InChI is InChI=1S/C21H24N4O/c1-16-20(15-25(23-16)19-7-5-4-6-8-19)21(26)22-18-11-9-17(10-12-18)13-14-24(2)3/h4-12,15H,13-14H2,1-3H3,(H,22,26). The van der Waals surface area contributed by atoms with Crippen molar-refractivity contribution in [1.29, 1.82) is 0 Å². The van der Waals surface area contributed by atoms with E-state index in [1.807, 2.05) is 49.4 Å². The van der Waals surface area contributed by atoms with Crippen LogP contribution in [0.15, 0.2) is 60.8 Å². The van der Waals surface area contributed by atoms with Crippen LogP contribution in [0.2, 0.25) is 0 Å². The van der Waals surface area contributed by atoms with E-state index in [-0.39, 0.29) is 5.91 Å². The SMILES string of the molecule is Cc1nn(-c2ccccc2)cc1C(=O)Nc1ccc(CCN(C)C)cc1. The van der Waals surface area contributed by atoms with E-state index >= 15 is 0 Å². The molecule has 0 aliphatic rings. The Morgan fingerprint density at radius 2 is 1.77 bits per heavy atom. The largest absolute Gasteiger partial charge is 0.322 e. The molecule has 3 rings (SSSR count). The van der Waals surface area contributed by atoms with Gasteiger partial charge in [-0.3, -0.25) is 4.79 Å². The molecular formula is C21H24N4O. The van der Waals surface area contributed by atoms with Crippen molar-refractivity contribution >= 4 is 11.6 Å². The Hall–Kier alpha value is -2.92. The second-order valence-corrected chi connectivity index (χ2v) is 6.61. The number of carbonyl (C=O) groups excluding carboxylic acids is 1. The summed E-state index contributed by atoms with van der Waals surface area (Å²) in [6.45, 7) is 2.85. The Morgan fingerprint density at radius 3 is 2.42 bits per heavy atom. The van der Waals surface area contributed by atoms with Crippen molar-refractivity contribution in [2.24, 2.45) is 0 Å². The lowest BCUT2D eigenvalue weighted by atomic mass is 10.1.